The fourth-order valence-corrected chi connectivity index (χ4v) is 4.20. The molecule has 1 fully saturated rings. The number of rotatable bonds is 3. The van der Waals surface area contributed by atoms with Crippen molar-refractivity contribution in [2.45, 2.75) is 27.7 Å². The fourth-order valence-electron chi connectivity index (χ4n) is 3.92. The number of thiocarbonyl (C=S) groups is 1. The minimum Gasteiger partial charge on any atom is -0.508 e. The predicted octanol–water partition coefficient (Wildman–Crippen LogP) is 4.25. The SMILES string of the molecule is Cc1ccc(C)c(N2C(=O)C(=Cc3cc(C)n(-c4ccc(O)cc4)c3C)C(=O)NC2=S)c1. The van der Waals surface area contributed by atoms with Gasteiger partial charge in [-0.3, -0.25) is 19.8 Å². The van der Waals surface area contributed by atoms with Crippen LogP contribution in [0.2, 0.25) is 0 Å². The highest BCUT2D eigenvalue weighted by Crippen LogP contribution is 2.28. The molecule has 4 rings (SSSR count). The number of carbonyl (C=O) groups is 2. The molecule has 2 amide bonds. The number of anilines is 1. The molecule has 2 N–H and O–H groups in total. The van der Waals surface area contributed by atoms with Gasteiger partial charge in [-0.1, -0.05) is 12.1 Å². The minimum atomic E-state index is -0.518. The maximum atomic E-state index is 13.4. The fraction of sp³-hybridized carbons (Fsp3) is 0.160. The molecule has 32 heavy (non-hydrogen) atoms. The molecule has 2 heterocycles. The Bertz CT molecular complexity index is 1300. The molecule has 0 bridgehead atoms. The smallest absolute Gasteiger partial charge is 0.270 e. The first-order chi connectivity index (χ1) is 15.2. The van der Waals surface area contributed by atoms with Crippen LogP contribution in [-0.2, 0) is 9.59 Å². The van der Waals surface area contributed by atoms with Gasteiger partial charge in [-0.15, -0.1) is 0 Å². The van der Waals surface area contributed by atoms with E-state index < -0.39 is 11.8 Å². The average Bonchev–Trinajstić information content (AvgIpc) is 3.01. The Morgan fingerprint density at radius 3 is 2.34 bits per heavy atom. The molecule has 0 atom stereocenters. The van der Waals surface area contributed by atoms with E-state index in [4.69, 9.17) is 12.2 Å². The van der Waals surface area contributed by atoms with Gasteiger partial charge in [-0.25, -0.2) is 0 Å². The number of aryl methyl sites for hydroxylation is 3. The molecule has 1 saturated heterocycles. The summed E-state index contributed by atoms with van der Waals surface area (Å²) in [6.07, 6.45) is 1.61. The second-order valence-electron chi connectivity index (χ2n) is 7.93. The van der Waals surface area contributed by atoms with Gasteiger partial charge in [0, 0.05) is 17.1 Å². The largest absolute Gasteiger partial charge is 0.508 e. The number of nitrogens with one attached hydrogen (secondary N) is 1. The van der Waals surface area contributed by atoms with Crippen LogP contribution in [0, 0.1) is 27.7 Å². The van der Waals surface area contributed by atoms with E-state index in [-0.39, 0.29) is 16.4 Å². The highest BCUT2D eigenvalue weighted by Gasteiger charge is 2.35. The summed E-state index contributed by atoms with van der Waals surface area (Å²) in [6.45, 7) is 7.70. The van der Waals surface area contributed by atoms with Gasteiger partial charge in [0.2, 0.25) is 0 Å². The van der Waals surface area contributed by atoms with Crippen LogP contribution >= 0.6 is 12.2 Å². The molecule has 1 aliphatic heterocycles. The Hall–Kier alpha value is -3.71. The van der Waals surface area contributed by atoms with Crippen LogP contribution in [0.25, 0.3) is 11.8 Å². The van der Waals surface area contributed by atoms with Crippen molar-refractivity contribution in [2.75, 3.05) is 4.90 Å². The summed E-state index contributed by atoms with van der Waals surface area (Å²) in [6, 6.07) is 14.5. The zero-order valence-electron chi connectivity index (χ0n) is 18.3. The predicted molar refractivity (Wildman–Crippen MR) is 129 cm³/mol. The van der Waals surface area contributed by atoms with Gasteiger partial charge >= 0.3 is 0 Å². The zero-order valence-corrected chi connectivity index (χ0v) is 19.1. The van der Waals surface area contributed by atoms with Crippen molar-refractivity contribution in [3.05, 3.63) is 82.2 Å². The van der Waals surface area contributed by atoms with E-state index in [0.29, 0.717) is 5.69 Å². The Kier molecular flexibility index (Phi) is 5.44. The summed E-state index contributed by atoms with van der Waals surface area (Å²) in [5.41, 5.74) is 5.97. The van der Waals surface area contributed by atoms with Crippen LogP contribution in [0.1, 0.15) is 28.1 Å². The summed E-state index contributed by atoms with van der Waals surface area (Å²) in [4.78, 5) is 27.5. The Balaban J connectivity index is 1.78. The molecule has 7 heteroatoms. The third-order valence-electron chi connectivity index (χ3n) is 5.59. The lowest BCUT2D eigenvalue weighted by atomic mass is 10.0. The molecule has 0 unspecified atom stereocenters. The topological polar surface area (TPSA) is 74.6 Å². The molecule has 0 spiro atoms. The molecular weight excluding hydrogens is 422 g/mol. The third-order valence-corrected chi connectivity index (χ3v) is 5.87. The molecular formula is C25H23N3O3S. The lowest BCUT2D eigenvalue weighted by Gasteiger charge is -2.30. The number of benzene rings is 2. The number of carbonyl (C=O) groups excluding carboxylic acids is 2. The van der Waals surface area contributed by atoms with E-state index >= 15 is 0 Å². The molecule has 0 radical (unpaired) electrons. The highest BCUT2D eigenvalue weighted by molar-refractivity contribution is 7.80. The standard InChI is InChI=1S/C25H23N3O3S/c1-14-5-6-15(2)22(11-14)28-24(31)21(23(30)26-25(28)32)13-18-12-16(3)27(17(18)4)19-7-9-20(29)10-8-19/h5-13,29H,1-4H3,(H,26,30,32). The van der Waals surface area contributed by atoms with E-state index in [2.05, 4.69) is 5.32 Å². The summed E-state index contributed by atoms with van der Waals surface area (Å²) >= 11 is 5.33. The third kappa shape index (κ3) is 3.71. The van der Waals surface area contributed by atoms with Crippen molar-refractivity contribution in [2.24, 2.45) is 0 Å². The normalized spacial score (nSPS) is 15.4. The summed E-state index contributed by atoms with van der Waals surface area (Å²) in [5, 5.41) is 12.3. The minimum absolute atomic E-state index is 0.0189. The first kappa shape index (κ1) is 21.5. The van der Waals surface area contributed by atoms with Gasteiger partial charge < -0.3 is 9.67 Å². The molecule has 162 valence electrons. The number of nitrogens with zero attached hydrogens (tertiary/aromatic N) is 2. The molecule has 6 nitrogen and oxygen atoms in total. The number of aromatic hydroxyl groups is 1. The van der Waals surface area contributed by atoms with Crippen molar-refractivity contribution in [3.8, 4) is 11.4 Å². The van der Waals surface area contributed by atoms with Gasteiger partial charge in [0.1, 0.15) is 11.3 Å². The van der Waals surface area contributed by atoms with E-state index in [1.807, 2.05) is 68.7 Å². The highest BCUT2D eigenvalue weighted by atomic mass is 32.1. The number of phenolic OH excluding ortho intramolecular Hbond substituents is 1. The lowest BCUT2D eigenvalue weighted by molar-refractivity contribution is -0.122. The van der Waals surface area contributed by atoms with Gasteiger partial charge in [-0.2, -0.15) is 0 Å². The maximum Gasteiger partial charge on any atom is 0.270 e. The van der Waals surface area contributed by atoms with Crippen LogP contribution in [0.3, 0.4) is 0 Å². The van der Waals surface area contributed by atoms with Gasteiger partial charge in [-0.05, 0) is 99.1 Å². The quantitative estimate of drug-likeness (QED) is 0.359. The monoisotopic (exact) mass is 445 g/mol. The Morgan fingerprint density at radius 1 is 0.969 bits per heavy atom. The van der Waals surface area contributed by atoms with Crippen molar-refractivity contribution >= 4 is 40.9 Å². The van der Waals surface area contributed by atoms with E-state index in [1.54, 1.807) is 18.2 Å². The van der Waals surface area contributed by atoms with Crippen LogP contribution in [-0.4, -0.2) is 26.6 Å². The van der Waals surface area contributed by atoms with Crippen LogP contribution in [0.5, 0.6) is 5.75 Å². The lowest BCUT2D eigenvalue weighted by Crippen LogP contribution is -2.54. The van der Waals surface area contributed by atoms with Gasteiger partial charge in [0.05, 0.1) is 5.69 Å². The molecule has 1 aromatic heterocycles. The van der Waals surface area contributed by atoms with Crippen molar-refractivity contribution in [1.82, 2.24) is 9.88 Å². The Morgan fingerprint density at radius 2 is 1.66 bits per heavy atom. The first-order valence-corrected chi connectivity index (χ1v) is 10.5. The molecule has 3 aromatic rings. The van der Waals surface area contributed by atoms with Crippen LogP contribution in [0.4, 0.5) is 5.69 Å². The maximum absolute atomic E-state index is 13.4. The molecule has 2 aromatic carbocycles. The summed E-state index contributed by atoms with van der Waals surface area (Å²) in [5.74, 6) is -0.789. The van der Waals surface area contributed by atoms with Crippen LogP contribution in [0.15, 0.2) is 54.1 Å². The second kappa shape index (κ2) is 8.09. The van der Waals surface area contributed by atoms with Crippen molar-refractivity contribution in [3.63, 3.8) is 0 Å². The van der Waals surface area contributed by atoms with E-state index in [9.17, 15) is 14.7 Å². The number of amides is 2. The number of hydrogen-bond donors (Lipinski definition) is 2. The van der Waals surface area contributed by atoms with E-state index in [1.165, 1.54) is 4.90 Å². The van der Waals surface area contributed by atoms with Gasteiger partial charge in [0.25, 0.3) is 11.8 Å². The van der Waals surface area contributed by atoms with Gasteiger partial charge in [0.15, 0.2) is 5.11 Å². The molecule has 1 aliphatic rings. The molecule has 0 aliphatic carbocycles. The van der Waals surface area contributed by atoms with E-state index in [0.717, 1.165) is 33.8 Å². The number of hydrogen-bond acceptors (Lipinski definition) is 4. The van der Waals surface area contributed by atoms with Crippen molar-refractivity contribution < 1.29 is 14.7 Å². The first-order valence-electron chi connectivity index (χ1n) is 10.1. The number of aromatic nitrogens is 1. The van der Waals surface area contributed by atoms with Crippen LogP contribution < -0.4 is 10.2 Å². The summed E-state index contributed by atoms with van der Waals surface area (Å²) < 4.78 is 2.00. The second-order valence-corrected chi connectivity index (χ2v) is 8.31. The molecule has 0 saturated carbocycles. The zero-order chi connectivity index (χ0) is 23.2. The number of phenols is 1. The Labute approximate surface area is 191 Å². The van der Waals surface area contributed by atoms with Crippen molar-refractivity contribution in [1.29, 1.82) is 0 Å². The summed E-state index contributed by atoms with van der Waals surface area (Å²) in [7, 11) is 0. The average molecular weight is 446 g/mol.